The third-order valence-corrected chi connectivity index (χ3v) is 9.43. The zero-order valence-electron chi connectivity index (χ0n) is 21.1. The fourth-order valence-corrected chi connectivity index (χ4v) is 6.43. The molecule has 14 heteroatoms. The Morgan fingerprint density at radius 3 is 2.27 bits per heavy atom. The van der Waals surface area contributed by atoms with Crippen LogP contribution in [0, 0.1) is 6.92 Å². The van der Waals surface area contributed by atoms with Gasteiger partial charge in [-0.25, -0.2) is 18.4 Å². The summed E-state index contributed by atoms with van der Waals surface area (Å²) in [6.07, 6.45) is 2.35. The van der Waals surface area contributed by atoms with Crippen LogP contribution in [0.4, 0.5) is 5.95 Å². The van der Waals surface area contributed by atoms with Crippen molar-refractivity contribution in [2.45, 2.75) is 49.4 Å². The Hall–Kier alpha value is -2.94. The van der Waals surface area contributed by atoms with E-state index in [9.17, 15) is 18.6 Å². The SMILES string of the molecule is COc1cccc(OC)c1-n1c(NS(=O)(=O)[C@@H](C)[C@H](C)c2ncc(C)cn2)nnc1C1C(O)CSC1O. The number of nitrogens with zero attached hydrogens (tertiary/aromatic N) is 5. The normalized spacial score (nSPS) is 21.4. The number of sulfonamides is 1. The van der Waals surface area contributed by atoms with Gasteiger partial charge in [-0.15, -0.1) is 22.0 Å². The maximum Gasteiger partial charge on any atom is 0.243 e. The standard InChI is InChI=1S/C23H30N6O6S2/c1-12-9-24-20(25-10-12)13(2)14(3)37(32,33)28-23-27-26-21(18-15(30)11-36-22(18)31)29(23)19-16(34-4)7-6-8-17(19)35-5/h6-10,13-15,18,22,30-31H,11H2,1-5H3,(H,27,28)/t13-,14-,15?,18?,22?/m0/s1. The number of thioether (sulfide) groups is 1. The lowest BCUT2D eigenvalue weighted by Crippen LogP contribution is -2.32. The maximum absolute atomic E-state index is 13.5. The van der Waals surface area contributed by atoms with Crippen LogP contribution >= 0.6 is 11.8 Å². The molecule has 3 unspecified atom stereocenters. The first kappa shape index (κ1) is 27.1. The summed E-state index contributed by atoms with van der Waals surface area (Å²) < 4.78 is 42.1. The molecule has 1 saturated heterocycles. The second kappa shape index (κ2) is 10.8. The van der Waals surface area contributed by atoms with E-state index in [4.69, 9.17) is 9.47 Å². The number of para-hydroxylation sites is 1. The van der Waals surface area contributed by atoms with Crippen LogP contribution in [0.2, 0.25) is 0 Å². The molecule has 2 aromatic heterocycles. The quantitative estimate of drug-likeness (QED) is 0.356. The van der Waals surface area contributed by atoms with Crippen LogP contribution in [0.3, 0.4) is 0 Å². The van der Waals surface area contributed by atoms with Crippen molar-refractivity contribution in [3.05, 3.63) is 47.8 Å². The second-order valence-corrected chi connectivity index (χ2v) is 12.0. The average Bonchev–Trinajstić information content (AvgIpc) is 3.43. The lowest BCUT2D eigenvalue weighted by molar-refractivity contribution is 0.119. The van der Waals surface area contributed by atoms with E-state index in [1.807, 2.05) is 6.92 Å². The van der Waals surface area contributed by atoms with Crippen molar-refractivity contribution in [3.8, 4) is 17.2 Å². The number of aliphatic hydroxyl groups is 2. The van der Waals surface area contributed by atoms with E-state index in [0.29, 0.717) is 23.0 Å². The number of anilines is 1. The molecule has 0 aliphatic carbocycles. The van der Waals surface area contributed by atoms with Gasteiger partial charge >= 0.3 is 0 Å². The third-order valence-electron chi connectivity index (χ3n) is 6.41. The van der Waals surface area contributed by atoms with Crippen molar-refractivity contribution < 1.29 is 28.1 Å². The summed E-state index contributed by atoms with van der Waals surface area (Å²) in [5.41, 5.74) is 0.218. The minimum absolute atomic E-state index is 0.141. The largest absolute Gasteiger partial charge is 0.494 e. The molecule has 200 valence electrons. The van der Waals surface area contributed by atoms with Gasteiger partial charge < -0.3 is 19.7 Å². The fourth-order valence-electron chi connectivity index (χ4n) is 4.08. The average molecular weight is 551 g/mol. The second-order valence-electron chi connectivity index (χ2n) is 8.80. The third kappa shape index (κ3) is 5.23. The molecule has 1 aliphatic rings. The molecule has 1 aromatic carbocycles. The fraction of sp³-hybridized carbons (Fsp3) is 0.478. The topological polar surface area (TPSA) is 162 Å². The van der Waals surface area contributed by atoms with Crippen LogP contribution in [0.5, 0.6) is 11.5 Å². The number of methoxy groups -OCH3 is 2. The summed E-state index contributed by atoms with van der Waals surface area (Å²) in [5.74, 6) is 0.0352. The Morgan fingerprint density at radius 1 is 1.11 bits per heavy atom. The van der Waals surface area contributed by atoms with Gasteiger partial charge in [-0.2, -0.15) is 0 Å². The molecule has 4 rings (SSSR count). The van der Waals surface area contributed by atoms with Gasteiger partial charge in [0.1, 0.15) is 34.3 Å². The zero-order chi connectivity index (χ0) is 26.9. The van der Waals surface area contributed by atoms with E-state index >= 15 is 0 Å². The van der Waals surface area contributed by atoms with Gasteiger partial charge in [0.2, 0.25) is 16.0 Å². The molecule has 12 nitrogen and oxygen atoms in total. The van der Waals surface area contributed by atoms with Crippen molar-refractivity contribution in [2.24, 2.45) is 0 Å². The van der Waals surface area contributed by atoms with Crippen LogP contribution in [0.1, 0.15) is 42.9 Å². The van der Waals surface area contributed by atoms with Crippen LogP contribution in [0.25, 0.3) is 5.69 Å². The van der Waals surface area contributed by atoms with Crippen molar-refractivity contribution in [2.75, 3.05) is 24.7 Å². The molecule has 37 heavy (non-hydrogen) atoms. The van der Waals surface area contributed by atoms with Gasteiger partial charge in [-0.3, -0.25) is 9.29 Å². The minimum atomic E-state index is -4.04. The predicted molar refractivity (Wildman–Crippen MR) is 139 cm³/mol. The molecule has 0 bridgehead atoms. The van der Waals surface area contributed by atoms with Crippen molar-refractivity contribution in [3.63, 3.8) is 0 Å². The van der Waals surface area contributed by atoms with Crippen LogP contribution in [0.15, 0.2) is 30.6 Å². The smallest absolute Gasteiger partial charge is 0.243 e. The van der Waals surface area contributed by atoms with Crippen LogP contribution in [-0.2, 0) is 10.0 Å². The Kier molecular flexibility index (Phi) is 7.92. The van der Waals surface area contributed by atoms with Gasteiger partial charge in [0.15, 0.2) is 0 Å². The number of hydrogen-bond acceptors (Lipinski definition) is 11. The molecule has 1 fully saturated rings. The highest BCUT2D eigenvalue weighted by atomic mass is 32.2. The van der Waals surface area contributed by atoms with E-state index in [0.717, 1.165) is 5.56 Å². The summed E-state index contributed by atoms with van der Waals surface area (Å²) in [6.45, 7) is 5.14. The number of aromatic nitrogens is 5. The number of aliphatic hydroxyl groups excluding tert-OH is 2. The summed E-state index contributed by atoms with van der Waals surface area (Å²) >= 11 is 1.17. The van der Waals surface area contributed by atoms with E-state index in [2.05, 4.69) is 24.9 Å². The van der Waals surface area contributed by atoms with Gasteiger partial charge in [-0.1, -0.05) is 13.0 Å². The molecule has 3 aromatic rings. The highest BCUT2D eigenvalue weighted by Crippen LogP contribution is 2.42. The Labute approximate surface area is 219 Å². The highest BCUT2D eigenvalue weighted by molar-refractivity contribution is 8.00. The molecule has 0 radical (unpaired) electrons. The molecule has 5 atom stereocenters. The first-order valence-electron chi connectivity index (χ1n) is 11.5. The van der Waals surface area contributed by atoms with Crippen molar-refractivity contribution in [1.29, 1.82) is 0 Å². The van der Waals surface area contributed by atoms with Gasteiger partial charge in [0.25, 0.3) is 0 Å². The first-order valence-corrected chi connectivity index (χ1v) is 14.1. The van der Waals surface area contributed by atoms with E-state index in [-0.39, 0.29) is 17.5 Å². The molecule has 3 heterocycles. The molecule has 0 spiro atoms. The lowest BCUT2D eigenvalue weighted by Gasteiger charge is -2.23. The molecular formula is C23H30N6O6S2. The van der Waals surface area contributed by atoms with E-state index in [1.54, 1.807) is 44.4 Å². The van der Waals surface area contributed by atoms with Crippen molar-refractivity contribution >= 4 is 27.7 Å². The number of hydrogen-bond donors (Lipinski definition) is 3. The van der Waals surface area contributed by atoms with Crippen molar-refractivity contribution in [1.82, 2.24) is 24.7 Å². The minimum Gasteiger partial charge on any atom is -0.494 e. The monoisotopic (exact) mass is 550 g/mol. The Balaban J connectivity index is 1.81. The zero-order valence-corrected chi connectivity index (χ0v) is 22.7. The molecule has 0 amide bonds. The highest BCUT2D eigenvalue weighted by Gasteiger charge is 2.41. The molecular weight excluding hydrogens is 520 g/mol. The number of benzene rings is 1. The van der Waals surface area contributed by atoms with Crippen LogP contribution < -0.4 is 14.2 Å². The van der Waals surface area contributed by atoms with Gasteiger partial charge in [-0.05, 0) is 31.5 Å². The lowest BCUT2D eigenvalue weighted by atomic mass is 10.0. The Morgan fingerprint density at radius 2 is 1.73 bits per heavy atom. The Bertz CT molecular complexity index is 1320. The summed E-state index contributed by atoms with van der Waals surface area (Å²) in [4.78, 5) is 8.55. The number of ether oxygens (including phenoxy) is 2. The number of rotatable bonds is 9. The summed E-state index contributed by atoms with van der Waals surface area (Å²) in [6, 6.07) is 5.07. The van der Waals surface area contributed by atoms with Gasteiger partial charge in [0.05, 0.1) is 31.5 Å². The molecule has 1 aliphatic heterocycles. The molecule has 3 N–H and O–H groups in total. The summed E-state index contributed by atoms with van der Waals surface area (Å²) in [7, 11) is -1.11. The predicted octanol–water partition coefficient (Wildman–Crippen LogP) is 1.83. The molecule has 0 saturated carbocycles. The number of nitrogens with one attached hydrogen (secondary N) is 1. The van der Waals surface area contributed by atoms with E-state index < -0.39 is 38.6 Å². The van der Waals surface area contributed by atoms with Gasteiger partial charge in [0, 0.05) is 24.1 Å². The first-order chi connectivity index (χ1) is 17.6. The number of aryl methyl sites for hydroxylation is 1. The summed E-state index contributed by atoms with van der Waals surface area (Å²) in [5, 5.41) is 28.6. The maximum atomic E-state index is 13.5. The van der Waals surface area contributed by atoms with E-state index in [1.165, 1.54) is 30.5 Å². The van der Waals surface area contributed by atoms with Crippen LogP contribution in [-0.4, -0.2) is 80.1 Å².